The van der Waals surface area contributed by atoms with Crippen molar-refractivity contribution in [2.45, 2.75) is 6.92 Å². The molecule has 0 fully saturated rings. The summed E-state index contributed by atoms with van der Waals surface area (Å²) in [5, 5.41) is 4.19. The Kier molecular flexibility index (Phi) is 4.95. The SMILES string of the molecule is Cc1cccc(P(c2ccccc2)c2ccccc2)c1-c1ccccc1. The molecule has 0 aliphatic heterocycles. The highest BCUT2D eigenvalue weighted by molar-refractivity contribution is 7.80. The van der Waals surface area contributed by atoms with E-state index in [1.54, 1.807) is 0 Å². The molecule has 1 heteroatoms. The Labute approximate surface area is 156 Å². The van der Waals surface area contributed by atoms with E-state index >= 15 is 0 Å². The second-order valence-corrected chi connectivity index (χ2v) is 8.53. The van der Waals surface area contributed by atoms with Gasteiger partial charge in [-0.1, -0.05) is 109 Å². The minimum Gasteiger partial charge on any atom is -0.0622 e. The first-order valence-corrected chi connectivity index (χ1v) is 10.2. The van der Waals surface area contributed by atoms with Crippen LogP contribution >= 0.6 is 7.92 Å². The summed E-state index contributed by atoms with van der Waals surface area (Å²) in [7, 11) is -0.607. The first-order valence-electron chi connectivity index (χ1n) is 8.90. The maximum absolute atomic E-state index is 2.31. The molecule has 0 radical (unpaired) electrons. The summed E-state index contributed by atoms with van der Waals surface area (Å²) >= 11 is 0. The molecule has 0 amide bonds. The molecule has 0 aliphatic carbocycles. The maximum Gasteiger partial charge on any atom is -0.00700 e. The zero-order valence-corrected chi connectivity index (χ0v) is 15.7. The van der Waals surface area contributed by atoms with Crippen LogP contribution in [0, 0.1) is 6.92 Å². The van der Waals surface area contributed by atoms with E-state index in [1.807, 2.05) is 0 Å². The molecule has 0 saturated heterocycles. The van der Waals surface area contributed by atoms with Crippen LogP contribution in [0.15, 0.2) is 109 Å². The van der Waals surface area contributed by atoms with Gasteiger partial charge in [0.15, 0.2) is 0 Å². The second kappa shape index (κ2) is 7.68. The molecule has 4 aromatic rings. The molecule has 0 aliphatic rings. The van der Waals surface area contributed by atoms with E-state index in [9.17, 15) is 0 Å². The molecule has 4 aromatic carbocycles. The zero-order valence-electron chi connectivity index (χ0n) is 14.8. The van der Waals surface area contributed by atoms with Gasteiger partial charge >= 0.3 is 0 Å². The van der Waals surface area contributed by atoms with Gasteiger partial charge in [-0.25, -0.2) is 0 Å². The van der Waals surface area contributed by atoms with Gasteiger partial charge in [-0.2, -0.15) is 0 Å². The van der Waals surface area contributed by atoms with E-state index in [4.69, 9.17) is 0 Å². The van der Waals surface area contributed by atoms with Gasteiger partial charge in [-0.3, -0.25) is 0 Å². The Balaban J connectivity index is 1.97. The van der Waals surface area contributed by atoms with Crippen LogP contribution in [0.25, 0.3) is 11.1 Å². The predicted octanol–water partition coefficient (Wildman–Crippen LogP) is 5.42. The van der Waals surface area contributed by atoms with E-state index in [0.29, 0.717) is 0 Å². The Hall–Kier alpha value is -2.69. The lowest BCUT2D eigenvalue weighted by molar-refractivity contribution is 1.48. The topological polar surface area (TPSA) is 0 Å². The third-order valence-corrected chi connectivity index (χ3v) is 7.07. The summed E-state index contributed by atoms with van der Waals surface area (Å²) in [5.74, 6) is 0. The average molecular weight is 352 g/mol. The minimum absolute atomic E-state index is 0.607. The van der Waals surface area contributed by atoms with Crippen LogP contribution in [0.5, 0.6) is 0 Å². The fourth-order valence-corrected chi connectivity index (χ4v) is 5.96. The van der Waals surface area contributed by atoms with Crippen molar-refractivity contribution in [1.82, 2.24) is 0 Å². The predicted molar refractivity (Wildman–Crippen MR) is 115 cm³/mol. The number of aryl methyl sites for hydroxylation is 1. The second-order valence-electron chi connectivity index (χ2n) is 6.34. The smallest absolute Gasteiger partial charge is 0.00700 e. The summed E-state index contributed by atoms with van der Waals surface area (Å²) in [6.07, 6.45) is 0. The van der Waals surface area contributed by atoms with Gasteiger partial charge in [0.1, 0.15) is 0 Å². The minimum atomic E-state index is -0.607. The number of benzene rings is 4. The molecule has 4 rings (SSSR count). The highest BCUT2D eigenvalue weighted by Crippen LogP contribution is 2.38. The Morgan fingerprint density at radius 2 is 1.00 bits per heavy atom. The van der Waals surface area contributed by atoms with Crippen molar-refractivity contribution in [3.05, 3.63) is 115 Å². The lowest BCUT2D eigenvalue weighted by atomic mass is 10.0. The molecule has 0 bridgehead atoms. The largest absolute Gasteiger partial charge is 0.0622 e. The standard InChI is InChI=1S/C25H21P/c1-20-12-11-19-24(25(20)21-13-5-2-6-14-21)26(22-15-7-3-8-16-22)23-17-9-4-10-18-23/h2-19H,1H3. The Bertz CT molecular complexity index is 937. The van der Waals surface area contributed by atoms with Crippen molar-refractivity contribution in [2.75, 3.05) is 0 Å². The first kappa shape index (κ1) is 16.8. The monoisotopic (exact) mass is 352 g/mol. The molecule has 26 heavy (non-hydrogen) atoms. The van der Waals surface area contributed by atoms with Crippen molar-refractivity contribution in [3.63, 3.8) is 0 Å². The summed E-state index contributed by atoms with van der Waals surface area (Å²) < 4.78 is 0. The molecule has 0 heterocycles. The van der Waals surface area contributed by atoms with Crippen molar-refractivity contribution in [1.29, 1.82) is 0 Å². The van der Waals surface area contributed by atoms with E-state index in [2.05, 4.69) is 116 Å². The van der Waals surface area contributed by atoms with Crippen molar-refractivity contribution >= 4 is 23.8 Å². The Morgan fingerprint density at radius 1 is 0.500 bits per heavy atom. The van der Waals surface area contributed by atoms with Gasteiger partial charge in [0, 0.05) is 0 Å². The van der Waals surface area contributed by atoms with Gasteiger partial charge in [-0.15, -0.1) is 0 Å². The van der Waals surface area contributed by atoms with Crippen molar-refractivity contribution in [2.24, 2.45) is 0 Å². The van der Waals surface area contributed by atoms with Crippen LogP contribution in [-0.4, -0.2) is 0 Å². The van der Waals surface area contributed by atoms with E-state index in [1.165, 1.54) is 32.6 Å². The van der Waals surface area contributed by atoms with Crippen LogP contribution in [0.2, 0.25) is 0 Å². The molecule has 0 spiro atoms. The summed E-state index contributed by atoms with van der Waals surface area (Å²) in [6.45, 7) is 2.22. The number of rotatable bonds is 4. The lowest BCUT2D eigenvalue weighted by Gasteiger charge is -2.23. The van der Waals surface area contributed by atoms with E-state index in [-0.39, 0.29) is 0 Å². The first-order chi connectivity index (χ1) is 12.8. The quantitative estimate of drug-likeness (QED) is 0.430. The highest BCUT2D eigenvalue weighted by atomic mass is 31.1. The summed E-state index contributed by atoms with van der Waals surface area (Å²) in [4.78, 5) is 0. The van der Waals surface area contributed by atoms with Gasteiger partial charge in [0.25, 0.3) is 0 Å². The lowest BCUT2D eigenvalue weighted by Crippen LogP contribution is -2.22. The van der Waals surface area contributed by atoms with Gasteiger partial charge in [0.2, 0.25) is 0 Å². The third-order valence-electron chi connectivity index (χ3n) is 4.58. The molecule has 0 saturated carbocycles. The molecular weight excluding hydrogens is 331 g/mol. The van der Waals surface area contributed by atoms with Crippen molar-refractivity contribution < 1.29 is 0 Å². The van der Waals surface area contributed by atoms with Crippen LogP contribution in [0.3, 0.4) is 0 Å². The average Bonchev–Trinajstić information content (AvgIpc) is 2.71. The van der Waals surface area contributed by atoms with Gasteiger partial charge in [-0.05, 0) is 47.4 Å². The molecule has 0 nitrogen and oxygen atoms in total. The molecule has 0 atom stereocenters. The van der Waals surface area contributed by atoms with Crippen LogP contribution < -0.4 is 15.9 Å². The fourth-order valence-electron chi connectivity index (χ4n) is 3.40. The molecule has 0 aromatic heterocycles. The third kappa shape index (κ3) is 3.34. The molecular formula is C25H21P. The zero-order chi connectivity index (χ0) is 17.8. The van der Waals surface area contributed by atoms with Gasteiger partial charge < -0.3 is 0 Å². The normalized spacial score (nSPS) is 10.8. The maximum atomic E-state index is 2.31. The molecule has 0 N–H and O–H groups in total. The highest BCUT2D eigenvalue weighted by Gasteiger charge is 2.20. The van der Waals surface area contributed by atoms with E-state index < -0.39 is 7.92 Å². The van der Waals surface area contributed by atoms with Crippen LogP contribution in [-0.2, 0) is 0 Å². The fraction of sp³-hybridized carbons (Fsp3) is 0.0400. The molecule has 126 valence electrons. The number of hydrogen-bond donors (Lipinski definition) is 0. The Morgan fingerprint density at radius 3 is 1.54 bits per heavy atom. The summed E-state index contributed by atoms with van der Waals surface area (Å²) in [6, 6.07) is 39.3. The van der Waals surface area contributed by atoms with E-state index in [0.717, 1.165) is 0 Å². The molecule has 0 unspecified atom stereocenters. The van der Waals surface area contributed by atoms with Crippen LogP contribution in [0.1, 0.15) is 5.56 Å². The number of hydrogen-bond acceptors (Lipinski definition) is 0. The van der Waals surface area contributed by atoms with Gasteiger partial charge in [0.05, 0.1) is 0 Å². The summed E-state index contributed by atoms with van der Waals surface area (Å²) in [5.41, 5.74) is 3.99. The van der Waals surface area contributed by atoms with Crippen molar-refractivity contribution in [3.8, 4) is 11.1 Å². The van der Waals surface area contributed by atoms with Crippen LogP contribution in [0.4, 0.5) is 0 Å².